The molecule has 0 aliphatic carbocycles. The van der Waals surface area contributed by atoms with E-state index in [4.69, 9.17) is 13.9 Å². The highest BCUT2D eigenvalue weighted by Crippen LogP contribution is 2.43. The summed E-state index contributed by atoms with van der Waals surface area (Å²) in [6.45, 7) is 12.1. The zero-order valence-corrected chi connectivity index (χ0v) is 51.1. The number of likely N-dealkylation sites (N-methyl/N-ethyl adjacent to an activating group) is 1. The minimum atomic E-state index is -4.62. The number of pyridine rings is 1. The predicted octanol–water partition coefficient (Wildman–Crippen LogP) is 6.52. The molecule has 0 radical (unpaired) electrons. The lowest BCUT2D eigenvalue weighted by molar-refractivity contribution is -0.155. The first-order valence-electron chi connectivity index (χ1n) is 24.7. The van der Waals surface area contributed by atoms with Gasteiger partial charge in [-0.25, -0.2) is 10.4 Å². The molecular weight excluding hydrogens is 1110 g/mol. The number of nitrogens with one attached hydrogen (secondary N) is 2. The molecule has 2 saturated heterocycles. The van der Waals surface area contributed by atoms with E-state index in [-0.39, 0.29) is 123 Å². The minimum Gasteiger partial charge on any atom is -0.464 e. The van der Waals surface area contributed by atoms with Crippen LogP contribution in [-0.2, 0) is 52.8 Å². The van der Waals surface area contributed by atoms with Gasteiger partial charge in [-0.15, -0.1) is 0 Å². The summed E-state index contributed by atoms with van der Waals surface area (Å²) in [5.41, 5.74) is 4.16. The Balaban J connectivity index is 0.00000416. The van der Waals surface area contributed by atoms with Crippen LogP contribution in [0.1, 0.15) is 91.0 Å². The molecule has 0 spiro atoms. The van der Waals surface area contributed by atoms with E-state index in [1.54, 1.807) is 62.2 Å². The third-order valence-electron chi connectivity index (χ3n) is 14.2. The summed E-state index contributed by atoms with van der Waals surface area (Å²) in [5, 5.41) is 4.67. The molecule has 3 aliphatic heterocycles. The predicted molar refractivity (Wildman–Crippen MR) is 318 cm³/mol. The number of amides is 4. The maximum Gasteiger partial charge on any atom is 0.406 e. The molecule has 3 aromatic heterocycles. The third kappa shape index (κ3) is 15.9. The van der Waals surface area contributed by atoms with Crippen LogP contribution >= 0.6 is 67.5 Å². The van der Waals surface area contributed by atoms with Crippen LogP contribution in [0, 0.1) is 29.1 Å². The van der Waals surface area contributed by atoms with Gasteiger partial charge in [-0.1, -0.05) is 33.6 Å². The Hall–Kier alpha value is -4.55. The van der Waals surface area contributed by atoms with Crippen LogP contribution in [0.5, 0.6) is 0 Å². The molecule has 2 N–H and O–H groups in total. The van der Waals surface area contributed by atoms with Crippen LogP contribution in [0.15, 0.2) is 47.1 Å². The normalized spacial score (nSPS) is 19.3. The van der Waals surface area contributed by atoms with Crippen molar-refractivity contribution in [2.45, 2.75) is 123 Å². The largest absolute Gasteiger partial charge is 0.464 e. The Morgan fingerprint density at radius 2 is 1.69 bits per heavy atom. The van der Waals surface area contributed by atoms with E-state index < -0.39 is 77.5 Å². The lowest BCUT2D eigenvalue weighted by atomic mass is 9.84. The summed E-state index contributed by atoms with van der Waals surface area (Å²) in [7, 11) is 6.78. The molecule has 2 fully saturated rings. The molecule has 434 valence electrons. The number of nitrogens with zero attached hydrogens (tertiary/aromatic N) is 7. The van der Waals surface area contributed by atoms with Gasteiger partial charge in [-0.3, -0.25) is 38.9 Å². The monoisotopic (exact) mass is 1190 g/mol. The fraction of sp³-hybridized carbons (Fsp3) is 0.566. The number of hydrazine groups is 1. The molecule has 0 saturated carbocycles. The van der Waals surface area contributed by atoms with Crippen molar-refractivity contribution in [3.63, 3.8) is 0 Å². The second-order valence-corrected chi connectivity index (χ2v) is 21.3. The van der Waals surface area contributed by atoms with Gasteiger partial charge in [0.2, 0.25) is 11.8 Å². The third-order valence-corrected chi connectivity index (χ3v) is 14.2. The molecule has 3 aliphatic rings. The maximum atomic E-state index is 14.7. The zero-order valence-electron chi connectivity index (χ0n) is 46.1. The first-order valence-corrected chi connectivity index (χ1v) is 24.7. The van der Waals surface area contributed by atoms with Crippen molar-refractivity contribution >= 4 is 108 Å². The van der Waals surface area contributed by atoms with E-state index in [2.05, 4.69) is 32.6 Å². The number of alkyl halides is 3. The SMILES string of the molecule is CO[C@@H](C)c1ncccc1-c1c2c3cc(ccc3n1CC(F)(F)F)-c1cnc(o1)C[C@H](NC(=O)[C@H](C(C)C)N(C)C(=O)[C@H]1CCN(C(=O)C#CC(C)(C)N(C)C)C1)C(=O)N1CCC[C@H](N1)C(=O)OCC(C)(C)C2.S.S.S.S.S. The molecule has 6 heterocycles. The number of likely N-dealkylation sites (tertiary alicyclic amines) is 1. The Labute approximate surface area is 490 Å². The number of fused-ring (bicyclic) bond motifs is 6. The van der Waals surface area contributed by atoms with Gasteiger partial charge in [0.05, 0.1) is 48.2 Å². The standard InChI is InChI=1S/C53H68F3N9O8.5H2S/c1-31(2)45(62(10)48(68)34-19-23-63(28-34)43(66)18-20-52(6,7)61(8)9)47(67)59-39-25-42-58-27-41(73-42)33-16-17-40-36(24-33)37(26-51(4,5)30-72-50(70)38-15-13-22-65(60-38)49(39)69)46(64(40)29-53(54,55)56)35-14-12-21-57-44(35)32(3)71-11;;;;;/h12,14,16-17,21,24,27,31-32,34,38-39,45,60H,13,15,19,22-23,25-26,28-30H2,1-11H3,(H,59,67);5*1H2/t32-,34-,38-,39-,45-;;;;;/m0...../s1. The van der Waals surface area contributed by atoms with Gasteiger partial charge < -0.3 is 33.6 Å². The molecule has 7 rings (SSSR count). The number of cyclic esters (lactones) is 1. The summed E-state index contributed by atoms with van der Waals surface area (Å²) in [4.78, 5) is 84.2. The van der Waals surface area contributed by atoms with Crippen molar-refractivity contribution in [1.82, 2.24) is 45.0 Å². The fourth-order valence-electron chi connectivity index (χ4n) is 9.73. The van der Waals surface area contributed by atoms with Crippen LogP contribution in [-0.4, -0.2) is 148 Å². The molecule has 0 unspecified atom stereocenters. The average Bonchev–Trinajstić information content (AvgIpc) is 4.09. The van der Waals surface area contributed by atoms with Gasteiger partial charge in [0, 0.05) is 67.4 Å². The molecule has 6 bridgehead atoms. The number of aromatic nitrogens is 3. The Kier molecular flexibility index (Phi) is 25.2. The Morgan fingerprint density at radius 3 is 2.33 bits per heavy atom. The number of rotatable bonds is 10. The summed E-state index contributed by atoms with van der Waals surface area (Å²) in [5.74, 6) is 2.46. The molecular formula is C53H78F3N9O8S5. The van der Waals surface area contributed by atoms with Gasteiger partial charge >= 0.3 is 12.1 Å². The number of ether oxygens (including phenoxy) is 2. The second-order valence-electron chi connectivity index (χ2n) is 21.3. The number of carbonyl (C=O) groups excluding carboxylic acids is 5. The van der Waals surface area contributed by atoms with E-state index in [9.17, 15) is 37.1 Å². The lowest BCUT2D eigenvalue weighted by Crippen LogP contribution is -2.62. The lowest BCUT2D eigenvalue weighted by Gasteiger charge is -2.36. The first-order chi connectivity index (χ1) is 34.3. The molecule has 4 amide bonds. The van der Waals surface area contributed by atoms with Gasteiger partial charge in [-0.2, -0.15) is 80.6 Å². The Morgan fingerprint density at radius 1 is 1.00 bits per heavy atom. The van der Waals surface area contributed by atoms with Gasteiger partial charge in [0.15, 0.2) is 11.7 Å². The average molecular weight is 1190 g/mol. The topological polar surface area (TPSA) is 185 Å². The van der Waals surface area contributed by atoms with Crippen molar-refractivity contribution < 1.29 is 51.0 Å². The maximum absolute atomic E-state index is 14.7. The summed E-state index contributed by atoms with van der Waals surface area (Å²) >= 11 is 0. The molecule has 1 aromatic carbocycles. The van der Waals surface area contributed by atoms with Gasteiger partial charge in [0.1, 0.15) is 24.7 Å². The summed E-state index contributed by atoms with van der Waals surface area (Å²) in [6, 6.07) is 5.07. The number of benzene rings is 1. The number of halogens is 3. The number of oxazole rings is 1. The van der Waals surface area contributed by atoms with Crippen molar-refractivity contribution in [3.05, 3.63) is 59.9 Å². The van der Waals surface area contributed by atoms with Crippen LogP contribution < -0.4 is 10.7 Å². The van der Waals surface area contributed by atoms with Crippen molar-refractivity contribution in [1.29, 1.82) is 0 Å². The molecule has 25 heteroatoms. The highest BCUT2D eigenvalue weighted by Gasteiger charge is 2.41. The highest BCUT2D eigenvalue weighted by molar-refractivity contribution is 7.60. The minimum absolute atomic E-state index is 0. The second kappa shape index (κ2) is 28.2. The number of methoxy groups -OCH3 is 1. The van der Waals surface area contributed by atoms with Crippen molar-refractivity contribution in [3.8, 4) is 34.4 Å². The quantitative estimate of drug-likeness (QED) is 0.130. The molecule has 17 nitrogen and oxygen atoms in total. The van der Waals surface area contributed by atoms with Crippen LogP contribution in [0.25, 0.3) is 33.5 Å². The van der Waals surface area contributed by atoms with Gasteiger partial charge in [-0.05, 0) is 108 Å². The van der Waals surface area contributed by atoms with E-state index in [0.29, 0.717) is 64.8 Å². The van der Waals surface area contributed by atoms with Crippen molar-refractivity contribution in [2.75, 3.05) is 54.5 Å². The van der Waals surface area contributed by atoms with E-state index in [0.717, 1.165) is 0 Å². The van der Waals surface area contributed by atoms with Crippen LogP contribution in [0.3, 0.4) is 0 Å². The van der Waals surface area contributed by atoms with Crippen molar-refractivity contribution in [2.24, 2.45) is 17.3 Å². The first kappa shape index (κ1) is 69.6. The number of esters is 1. The van der Waals surface area contributed by atoms with Gasteiger partial charge in [0.25, 0.3) is 11.8 Å². The van der Waals surface area contributed by atoms with Crippen LogP contribution in [0.4, 0.5) is 13.2 Å². The molecule has 78 heavy (non-hydrogen) atoms. The highest BCUT2D eigenvalue weighted by atomic mass is 32.1. The number of hydrogen-bond donors (Lipinski definition) is 2. The van der Waals surface area contributed by atoms with E-state index >= 15 is 0 Å². The van der Waals surface area contributed by atoms with E-state index in [1.807, 2.05) is 46.7 Å². The number of carbonyl (C=O) groups is 5. The van der Waals surface area contributed by atoms with E-state index in [1.165, 1.54) is 34.8 Å². The molecule has 5 atom stereocenters. The van der Waals surface area contributed by atoms with Crippen LogP contribution in [0.2, 0.25) is 0 Å². The number of hydrogen-bond acceptors (Lipinski definition) is 12. The molecule has 4 aromatic rings. The fourth-order valence-corrected chi connectivity index (χ4v) is 9.73. The summed E-state index contributed by atoms with van der Waals surface area (Å²) < 4.78 is 63.2. The smallest absolute Gasteiger partial charge is 0.406 e. The zero-order chi connectivity index (χ0) is 53.3. The summed E-state index contributed by atoms with van der Waals surface area (Å²) in [6.07, 6.45) is -1.13. The Bertz CT molecular complexity index is 2820.